The maximum atomic E-state index is 4.96. The van der Waals surface area contributed by atoms with Gasteiger partial charge in [-0.3, -0.25) is 0 Å². The summed E-state index contributed by atoms with van der Waals surface area (Å²) in [7, 11) is 4.98. The minimum Gasteiger partial charge on any atom is 3.00 e. The zero-order valence-corrected chi connectivity index (χ0v) is 23.5. The van der Waals surface area contributed by atoms with E-state index >= 15 is 0 Å². The molecule has 3 rings (SSSR count). The number of hydrogen-bond donors (Lipinski definition) is 0. The summed E-state index contributed by atoms with van der Waals surface area (Å²) in [5.41, 5.74) is 0. The Hall–Kier alpha value is -0.0439. The van der Waals surface area contributed by atoms with E-state index in [4.69, 9.17) is 14.2 Å². The molecule has 0 heterocycles. The summed E-state index contributed by atoms with van der Waals surface area (Å²) in [5.74, 6) is 2.69. The van der Waals surface area contributed by atoms with Crippen LogP contribution in [0.25, 0.3) is 0 Å². The summed E-state index contributed by atoms with van der Waals surface area (Å²) in [5, 5.41) is 0. The quantitative estimate of drug-likeness (QED) is 0.387. The Morgan fingerprint density at radius 1 is 0.429 bits per heavy atom. The number of ether oxygens (including phenoxy) is 3. The van der Waals surface area contributed by atoms with E-state index in [0.717, 1.165) is 30.6 Å². The molecule has 147 valence electrons. The van der Waals surface area contributed by atoms with Crippen molar-refractivity contribution in [2.24, 2.45) is 0 Å². The Morgan fingerprint density at radius 3 is 0.750 bits per heavy atom. The van der Waals surface area contributed by atoms with E-state index < -0.39 is 0 Å². The van der Waals surface area contributed by atoms with Crippen LogP contribution >= 0.6 is 0 Å². The maximum absolute atomic E-state index is 4.96. The summed E-state index contributed by atoms with van der Waals surface area (Å²) >= 11 is 8.69. The van der Waals surface area contributed by atoms with Crippen molar-refractivity contribution in [1.82, 2.24) is 0 Å². The zero-order chi connectivity index (χ0) is 20.1. The van der Waals surface area contributed by atoms with Gasteiger partial charge >= 0.3 is 227 Å². The summed E-state index contributed by atoms with van der Waals surface area (Å²) in [6, 6.07) is 23.4. The predicted octanol–water partition coefficient (Wildman–Crippen LogP) is 1.47. The fourth-order valence-corrected chi connectivity index (χ4v) is 2.58. The van der Waals surface area contributed by atoms with Gasteiger partial charge in [0.15, 0.2) is 0 Å². The average molecular weight is 709 g/mol. The summed E-state index contributed by atoms with van der Waals surface area (Å²) in [6.07, 6.45) is 0. The molecule has 3 aromatic carbocycles. The van der Waals surface area contributed by atoms with Crippen LogP contribution in [0.3, 0.4) is 0 Å². The molecule has 0 aliphatic heterocycles. The first-order chi connectivity index (χ1) is 13.0. The van der Waals surface area contributed by atoms with Crippen LogP contribution in [0.15, 0.2) is 72.8 Å². The van der Waals surface area contributed by atoms with Crippen molar-refractivity contribution in [2.75, 3.05) is 21.3 Å². The topological polar surface area (TPSA) is 27.7 Å². The monoisotopic (exact) mass is 713 g/mol. The van der Waals surface area contributed by atoms with Crippen LogP contribution in [0.4, 0.5) is 0 Å². The van der Waals surface area contributed by atoms with Crippen LogP contribution < -0.4 is 27.6 Å². The van der Waals surface area contributed by atoms with E-state index in [1.807, 2.05) is 72.8 Å². The van der Waals surface area contributed by atoms with E-state index in [9.17, 15) is 0 Å². The van der Waals surface area contributed by atoms with Crippen LogP contribution in [0.2, 0.25) is 0 Å². The molecule has 0 fully saturated rings. The average Bonchev–Trinajstić information content (AvgIpc) is 2.71. The van der Waals surface area contributed by atoms with Crippen molar-refractivity contribution < 1.29 is 54.6 Å². The minimum atomic E-state index is 0. The van der Waals surface area contributed by atoms with Crippen molar-refractivity contribution in [1.29, 1.82) is 0 Å². The molecule has 0 bridgehead atoms. The Kier molecular flexibility index (Phi) is 16.7. The number of methoxy groups -OCH3 is 3. The van der Waals surface area contributed by atoms with Gasteiger partial charge in [-0.2, -0.15) is 0 Å². The van der Waals surface area contributed by atoms with Crippen LogP contribution in [0.1, 0.15) is 0 Å². The zero-order valence-electron chi connectivity index (χ0n) is 15.8. The van der Waals surface area contributed by atoms with Gasteiger partial charge < -0.3 is 0 Å². The molecule has 3 nitrogen and oxygen atoms in total. The number of benzene rings is 3. The fraction of sp³-hybridized carbons (Fsp3) is 0.143. The molecule has 28 heavy (non-hydrogen) atoms. The van der Waals surface area contributed by atoms with Gasteiger partial charge in [-0.05, 0) is 0 Å². The van der Waals surface area contributed by atoms with E-state index in [-0.39, 0.29) is 40.4 Å². The first-order valence-corrected chi connectivity index (χ1v) is 10.5. The Labute approximate surface area is 224 Å². The number of hydrogen-bond acceptors (Lipinski definition) is 3. The summed E-state index contributed by atoms with van der Waals surface area (Å²) in [6.45, 7) is 0. The van der Waals surface area contributed by atoms with Crippen LogP contribution in [-0.4, -0.2) is 69.4 Å². The fourth-order valence-electron chi connectivity index (χ4n) is 1.73. The standard InChI is InChI=1S/3C7H8OSe.Sm/c3*1-8-6-2-4-7(9)5-3-6;/h3*2-5,9H,1H3;/q;;;+3/p-3. The second-order valence-electron chi connectivity index (χ2n) is 5.03. The third-order valence-electron chi connectivity index (χ3n) is 3.18. The first kappa shape index (κ1) is 28.0. The Balaban J connectivity index is 0.000000384. The smallest absolute Gasteiger partial charge is 3.00 e. The van der Waals surface area contributed by atoms with Crippen LogP contribution in [-0.2, 0) is 0 Å². The predicted molar refractivity (Wildman–Crippen MR) is 115 cm³/mol. The van der Waals surface area contributed by atoms with Gasteiger partial charge in [0.05, 0.1) is 0 Å². The molecule has 0 spiro atoms. The molecular weight excluding hydrogens is 687 g/mol. The maximum Gasteiger partial charge on any atom is 3.00 e. The van der Waals surface area contributed by atoms with E-state index in [2.05, 4.69) is 48.0 Å². The molecule has 0 aliphatic rings. The second-order valence-corrected chi connectivity index (χ2v) is 7.99. The van der Waals surface area contributed by atoms with Crippen molar-refractivity contribution in [3.8, 4) is 17.2 Å². The summed E-state index contributed by atoms with van der Waals surface area (Å²) in [4.78, 5) is 0. The molecule has 0 atom stereocenters. The third-order valence-corrected chi connectivity index (χ3v) is 4.89. The normalized spacial score (nSPS) is 8.68. The molecule has 0 aromatic heterocycles. The first-order valence-electron chi connectivity index (χ1n) is 7.91. The van der Waals surface area contributed by atoms with Gasteiger partial charge in [-0.25, -0.2) is 0 Å². The van der Waals surface area contributed by atoms with Gasteiger partial charge in [0.1, 0.15) is 0 Å². The molecule has 3 aromatic rings. The largest absolute Gasteiger partial charge is 3.00 e. The minimum absolute atomic E-state index is 0. The van der Waals surface area contributed by atoms with E-state index in [1.54, 1.807) is 21.3 Å². The van der Waals surface area contributed by atoms with Gasteiger partial charge in [0, 0.05) is 0 Å². The van der Waals surface area contributed by atoms with Crippen molar-refractivity contribution in [3.05, 3.63) is 72.8 Å². The van der Waals surface area contributed by atoms with Gasteiger partial charge in [-0.1, -0.05) is 0 Å². The molecule has 0 N–H and O–H groups in total. The SMILES string of the molecule is COc1ccc([Se-])cc1.COc1ccc([Se-])cc1.COc1ccc([Se-])cc1.[Sm+3]. The van der Waals surface area contributed by atoms with Crippen LogP contribution in [0, 0.1) is 40.4 Å². The molecule has 0 unspecified atom stereocenters. The third kappa shape index (κ3) is 12.5. The molecule has 0 aliphatic carbocycles. The second kappa shape index (κ2) is 16.7. The Bertz CT molecular complexity index is 656. The van der Waals surface area contributed by atoms with Crippen molar-refractivity contribution in [2.45, 2.75) is 0 Å². The van der Waals surface area contributed by atoms with Gasteiger partial charge in [0.25, 0.3) is 0 Å². The number of rotatable bonds is 3. The van der Waals surface area contributed by atoms with Gasteiger partial charge in [0.2, 0.25) is 0 Å². The molecule has 1 radical (unpaired) electrons. The molecular formula is C21H21O3Se3Sm. The van der Waals surface area contributed by atoms with Crippen LogP contribution in [0.5, 0.6) is 17.2 Å². The molecule has 0 saturated carbocycles. The molecule has 0 saturated heterocycles. The summed E-state index contributed by atoms with van der Waals surface area (Å²) < 4.78 is 18.3. The van der Waals surface area contributed by atoms with Gasteiger partial charge in [-0.15, -0.1) is 0 Å². The molecule has 7 heteroatoms. The van der Waals surface area contributed by atoms with E-state index in [1.165, 1.54) is 0 Å². The van der Waals surface area contributed by atoms with Crippen molar-refractivity contribution >= 4 is 61.4 Å². The molecule has 0 amide bonds. The van der Waals surface area contributed by atoms with Crippen molar-refractivity contribution in [3.63, 3.8) is 0 Å². The Morgan fingerprint density at radius 2 is 0.607 bits per heavy atom. The van der Waals surface area contributed by atoms with E-state index in [0.29, 0.717) is 0 Å².